The first-order valence-electron chi connectivity index (χ1n) is 9.11. The topological polar surface area (TPSA) is 47.4 Å². The molecular formula is C22H23N3O2. The smallest absolute Gasteiger partial charge is 0.227 e. The number of carbonyl (C=O) groups is 1. The highest BCUT2D eigenvalue weighted by Gasteiger charge is 2.34. The van der Waals surface area contributed by atoms with Gasteiger partial charge in [-0.2, -0.15) is 0 Å². The summed E-state index contributed by atoms with van der Waals surface area (Å²) in [6.07, 6.45) is 0.455. The fraction of sp³-hybridized carbons (Fsp3) is 0.273. The van der Waals surface area contributed by atoms with E-state index >= 15 is 0 Å². The van der Waals surface area contributed by atoms with E-state index in [-0.39, 0.29) is 11.8 Å². The average molecular weight is 361 g/mol. The molecule has 1 aliphatic rings. The zero-order valence-corrected chi connectivity index (χ0v) is 15.7. The second-order valence-electron chi connectivity index (χ2n) is 7.11. The molecule has 1 aromatic heterocycles. The molecule has 5 nitrogen and oxygen atoms in total. The van der Waals surface area contributed by atoms with E-state index in [1.807, 2.05) is 54.3 Å². The largest absolute Gasteiger partial charge is 0.497 e. The van der Waals surface area contributed by atoms with Gasteiger partial charge in [0.05, 0.1) is 18.1 Å². The lowest BCUT2D eigenvalue weighted by molar-refractivity contribution is -0.117. The van der Waals surface area contributed by atoms with Gasteiger partial charge in [0.25, 0.3) is 0 Å². The number of fused-ring (bicyclic) bond motifs is 1. The summed E-state index contributed by atoms with van der Waals surface area (Å²) in [4.78, 5) is 19.4. The number of aromatic nitrogens is 2. The van der Waals surface area contributed by atoms with E-state index < -0.39 is 0 Å². The minimum Gasteiger partial charge on any atom is -0.497 e. The predicted molar refractivity (Wildman–Crippen MR) is 107 cm³/mol. The van der Waals surface area contributed by atoms with Gasteiger partial charge in [-0.05, 0) is 31.2 Å². The van der Waals surface area contributed by atoms with Crippen molar-refractivity contribution in [3.8, 4) is 5.75 Å². The van der Waals surface area contributed by atoms with Crippen LogP contribution in [0.15, 0.2) is 60.7 Å². The minimum absolute atomic E-state index is 0.0513. The maximum absolute atomic E-state index is 12.7. The summed E-state index contributed by atoms with van der Waals surface area (Å²) in [5.41, 5.74) is 3.97. The van der Waals surface area contributed by atoms with Gasteiger partial charge in [-0.15, -0.1) is 0 Å². The Bertz CT molecular complexity index is 1020. The number of rotatable bonds is 5. The highest BCUT2D eigenvalue weighted by Crippen LogP contribution is 2.34. The maximum Gasteiger partial charge on any atom is 0.227 e. The molecule has 1 atom stereocenters. The highest BCUT2D eigenvalue weighted by molar-refractivity contribution is 5.96. The van der Waals surface area contributed by atoms with Gasteiger partial charge in [0.2, 0.25) is 5.91 Å². The number of amides is 1. The number of methoxy groups -OCH3 is 1. The summed E-state index contributed by atoms with van der Waals surface area (Å²) in [7, 11) is 1.63. The van der Waals surface area contributed by atoms with Crippen LogP contribution in [0.5, 0.6) is 5.75 Å². The molecule has 1 aliphatic heterocycles. The van der Waals surface area contributed by atoms with E-state index in [1.165, 1.54) is 0 Å². The van der Waals surface area contributed by atoms with E-state index in [1.54, 1.807) is 7.11 Å². The van der Waals surface area contributed by atoms with Crippen molar-refractivity contribution < 1.29 is 9.53 Å². The van der Waals surface area contributed by atoms with Gasteiger partial charge in [0, 0.05) is 37.2 Å². The lowest BCUT2D eigenvalue weighted by Crippen LogP contribution is -2.24. The van der Waals surface area contributed by atoms with E-state index in [0.717, 1.165) is 33.9 Å². The van der Waals surface area contributed by atoms with Crippen molar-refractivity contribution in [1.29, 1.82) is 0 Å². The first kappa shape index (κ1) is 17.3. The number of carbonyl (C=O) groups excluding carboxylic acids is 1. The molecule has 0 saturated carbocycles. The third-order valence-electron chi connectivity index (χ3n) is 4.97. The second-order valence-corrected chi connectivity index (χ2v) is 7.11. The minimum atomic E-state index is 0.0513. The molecule has 1 fully saturated rings. The summed E-state index contributed by atoms with van der Waals surface area (Å²) in [5, 5.41) is 0. The van der Waals surface area contributed by atoms with Crippen LogP contribution in [0.25, 0.3) is 11.0 Å². The highest BCUT2D eigenvalue weighted by atomic mass is 16.5. The summed E-state index contributed by atoms with van der Waals surface area (Å²) >= 11 is 0. The summed E-state index contributed by atoms with van der Waals surface area (Å²) in [6.45, 7) is 7.40. The number of ether oxygens (including phenoxy) is 1. The van der Waals surface area contributed by atoms with Gasteiger partial charge in [0.15, 0.2) is 0 Å². The molecule has 2 aromatic carbocycles. The summed E-state index contributed by atoms with van der Waals surface area (Å²) in [6, 6.07) is 15.7. The molecule has 138 valence electrons. The number of nitrogens with zero attached hydrogens (tertiary/aromatic N) is 3. The molecule has 0 spiro atoms. The number of allylic oxidation sites excluding steroid dienone is 1. The van der Waals surface area contributed by atoms with Gasteiger partial charge in [0.1, 0.15) is 11.6 Å². The molecule has 0 radical (unpaired) electrons. The van der Waals surface area contributed by atoms with Crippen LogP contribution in [0.2, 0.25) is 0 Å². The molecule has 3 aromatic rings. The molecule has 0 bridgehead atoms. The monoisotopic (exact) mass is 361 g/mol. The standard InChI is InChI=1S/C22H23N3O2/c1-15(2)13-25-20-10-5-4-9-19(20)23-22(25)16-11-21(26)24(14-16)17-7-6-8-18(12-17)27-3/h4-10,12,16H,1,11,13-14H2,2-3H3/t16-/m0/s1. The lowest BCUT2D eigenvalue weighted by atomic mass is 10.1. The van der Waals surface area contributed by atoms with Crippen LogP contribution in [-0.4, -0.2) is 29.1 Å². The van der Waals surface area contributed by atoms with Crippen LogP contribution < -0.4 is 9.64 Å². The van der Waals surface area contributed by atoms with Crippen molar-refractivity contribution >= 4 is 22.6 Å². The molecule has 27 heavy (non-hydrogen) atoms. The van der Waals surface area contributed by atoms with Crippen LogP contribution in [0.3, 0.4) is 0 Å². The average Bonchev–Trinajstić information content (AvgIpc) is 3.22. The maximum atomic E-state index is 12.7. The quantitative estimate of drug-likeness (QED) is 0.642. The van der Waals surface area contributed by atoms with E-state index in [4.69, 9.17) is 9.72 Å². The van der Waals surface area contributed by atoms with Gasteiger partial charge in [-0.3, -0.25) is 4.79 Å². The Labute approximate surface area is 158 Å². The van der Waals surface area contributed by atoms with Gasteiger partial charge in [-0.1, -0.05) is 30.4 Å². The molecular weight excluding hydrogens is 338 g/mol. The van der Waals surface area contributed by atoms with E-state index in [9.17, 15) is 4.79 Å². The lowest BCUT2D eigenvalue weighted by Gasteiger charge is -2.18. The van der Waals surface area contributed by atoms with Crippen LogP contribution in [0.4, 0.5) is 5.69 Å². The molecule has 1 saturated heterocycles. The first-order chi connectivity index (χ1) is 13.1. The number of anilines is 1. The number of imidazole rings is 1. The molecule has 0 aliphatic carbocycles. The Balaban J connectivity index is 1.70. The number of para-hydroxylation sites is 2. The van der Waals surface area contributed by atoms with Crippen LogP contribution in [0, 0.1) is 0 Å². The Morgan fingerprint density at radius 2 is 2.07 bits per heavy atom. The molecule has 1 amide bonds. The SMILES string of the molecule is C=C(C)Cn1c([C@H]2CC(=O)N(c3cccc(OC)c3)C2)nc2ccccc21. The van der Waals surface area contributed by atoms with Crippen molar-refractivity contribution in [3.05, 3.63) is 66.5 Å². The fourth-order valence-electron chi connectivity index (χ4n) is 3.75. The molecule has 0 unspecified atom stereocenters. The van der Waals surface area contributed by atoms with E-state index in [0.29, 0.717) is 19.5 Å². The van der Waals surface area contributed by atoms with Gasteiger partial charge < -0.3 is 14.2 Å². The molecule has 2 heterocycles. The van der Waals surface area contributed by atoms with Gasteiger partial charge in [-0.25, -0.2) is 4.98 Å². The predicted octanol–water partition coefficient (Wildman–Crippen LogP) is 4.14. The Kier molecular flexibility index (Phi) is 4.44. The Morgan fingerprint density at radius 1 is 1.26 bits per heavy atom. The normalized spacial score (nSPS) is 16.9. The zero-order valence-electron chi connectivity index (χ0n) is 15.7. The van der Waals surface area contributed by atoms with Crippen LogP contribution in [-0.2, 0) is 11.3 Å². The Morgan fingerprint density at radius 3 is 2.85 bits per heavy atom. The second kappa shape index (κ2) is 6.91. The third kappa shape index (κ3) is 3.21. The molecule has 4 rings (SSSR count). The van der Waals surface area contributed by atoms with Crippen molar-refractivity contribution in [1.82, 2.24) is 9.55 Å². The van der Waals surface area contributed by atoms with Crippen molar-refractivity contribution in [3.63, 3.8) is 0 Å². The zero-order chi connectivity index (χ0) is 19.0. The number of benzene rings is 2. The Hall–Kier alpha value is -3.08. The fourth-order valence-corrected chi connectivity index (χ4v) is 3.75. The molecule has 0 N–H and O–H groups in total. The third-order valence-corrected chi connectivity index (χ3v) is 4.97. The van der Waals surface area contributed by atoms with Gasteiger partial charge >= 0.3 is 0 Å². The van der Waals surface area contributed by atoms with Crippen LogP contribution >= 0.6 is 0 Å². The molecule has 5 heteroatoms. The van der Waals surface area contributed by atoms with Crippen molar-refractivity contribution in [2.75, 3.05) is 18.6 Å². The summed E-state index contributed by atoms with van der Waals surface area (Å²) < 4.78 is 7.50. The van der Waals surface area contributed by atoms with Crippen LogP contribution in [0.1, 0.15) is 25.1 Å². The first-order valence-corrected chi connectivity index (χ1v) is 9.11. The number of hydrogen-bond donors (Lipinski definition) is 0. The van der Waals surface area contributed by atoms with Crippen molar-refractivity contribution in [2.45, 2.75) is 25.8 Å². The van der Waals surface area contributed by atoms with Crippen molar-refractivity contribution in [2.24, 2.45) is 0 Å². The van der Waals surface area contributed by atoms with E-state index in [2.05, 4.69) is 17.2 Å². The summed E-state index contributed by atoms with van der Waals surface area (Å²) in [5.74, 6) is 1.87. The number of hydrogen-bond acceptors (Lipinski definition) is 3.